The van der Waals surface area contributed by atoms with Crippen LogP contribution < -0.4 is 4.57 Å². The van der Waals surface area contributed by atoms with Crippen molar-refractivity contribution in [3.05, 3.63) is 75.5 Å². The van der Waals surface area contributed by atoms with Crippen LogP contribution in [0.2, 0.25) is 0 Å². The van der Waals surface area contributed by atoms with Gasteiger partial charge in [-0.05, 0) is 82.5 Å². The zero-order valence-electron chi connectivity index (χ0n) is 22.3. The van der Waals surface area contributed by atoms with Crippen molar-refractivity contribution in [2.45, 2.75) is 86.0 Å². The summed E-state index contributed by atoms with van der Waals surface area (Å²) < 4.78 is 2.42. The monoisotopic (exact) mass is 438 g/mol. The van der Waals surface area contributed by atoms with Gasteiger partial charge in [0.2, 0.25) is 5.69 Å². The van der Waals surface area contributed by atoms with E-state index < -0.39 is 0 Å². The smallest absolute Gasteiger partial charge is 0.200 e. The van der Waals surface area contributed by atoms with Crippen LogP contribution in [0.5, 0.6) is 0 Å². The predicted molar refractivity (Wildman–Crippen MR) is 140 cm³/mol. The molecule has 2 aliphatic rings. The van der Waals surface area contributed by atoms with E-state index in [1.165, 1.54) is 50.2 Å². The van der Waals surface area contributed by atoms with Gasteiger partial charge in [-0.15, -0.1) is 0 Å². The van der Waals surface area contributed by atoms with Crippen molar-refractivity contribution in [2.75, 3.05) is 0 Å². The van der Waals surface area contributed by atoms with E-state index in [0.29, 0.717) is 0 Å². The third-order valence-electron chi connectivity index (χ3n) is 8.94. The van der Waals surface area contributed by atoms with Gasteiger partial charge in [0.05, 0.1) is 5.56 Å². The first-order valence-corrected chi connectivity index (χ1v) is 12.5. The van der Waals surface area contributed by atoms with Gasteiger partial charge in [-0.1, -0.05) is 72.7 Å². The molecule has 33 heavy (non-hydrogen) atoms. The second kappa shape index (κ2) is 6.81. The fourth-order valence-electron chi connectivity index (χ4n) is 6.58. The van der Waals surface area contributed by atoms with E-state index in [0.717, 1.165) is 12.8 Å². The van der Waals surface area contributed by atoms with Gasteiger partial charge in [0.15, 0.2) is 6.20 Å². The molecule has 0 saturated heterocycles. The number of hydrogen-bond acceptors (Lipinski definition) is 0. The van der Waals surface area contributed by atoms with Crippen molar-refractivity contribution in [3.8, 4) is 22.4 Å². The van der Waals surface area contributed by atoms with Crippen LogP contribution in [-0.4, -0.2) is 0 Å². The highest BCUT2D eigenvalue weighted by molar-refractivity contribution is 5.87. The van der Waals surface area contributed by atoms with Crippen LogP contribution in [0.4, 0.5) is 0 Å². The van der Waals surface area contributed by atoms with Crippen molar-refractivity contribution in [1.82, 2.24) is 0 Å². The molecular weight excluding hydrogens is 398 g/mol. The Morgan fingerprint density at radius 2 is 1.61 bits per heavy atom. The van der Waals surface area contributed by atoms with E-state index in [9.17, 15) is 0 Å². The van der Waals surface area contributed by atoms with E-state index in [1.54, 1.807) is 11.1 Å². The fraction of sp³-hybridized carbons (Fsp3) is 0.469. The summed E-state index contributed by atoms with van der Waals surface area (Å²) in [4.78, 5) is 0. The van der Waals surface area contributed by atoms with Gasteiger partial charge >= 0.3 is 0 Å². The van der Waals surface area contributed by atoms with Gasteiger partial charge in [0.1, 0.15) is 7.05 Å². The SMILES string of the molecule is Cc1c[n+](C)c2c(c1CC(C)(C)C)C(C)(C)C(C)(C)c1cc3c(c(C)c1-2)Cc1ccccc1-3. The largest absolute Gasteiger partial charge is 0.216 e. The molecule has 5 rings (SSSR count). The lowest BCUT2D eigenvalue weighted by Gasteiger charge is -2.48. The van der Waals surface area contributed by atoms with Gasteiger partial charge in [-0.3, -0.25) is 0 Å². The number of benzene rings is 2. The Hall–Kier alpha value is -2.41. The fourth-order valence-corrected chi connectivity index (χ4v) is 6.58. The minimum Gasteiger partial charge on any atom is -0.200 e. The molecule has 0 spiro atoms. The first kappa shape index (κ1) is 22.4. The predicted octanol–water partition coefficient (Wildman–Crippen LogP) is 7.52. The molecule has 0 fully saturated rings. The quantitative estimate of drug-likeness (QED) is 0.271. The summed E-state index contributed by atoms with van der Waals surface area (Å²) in [5, 5.41) is 0. The first-order valence-electron chi connectivity index (χ1n) is 12.5. The minimum atomic E-state index is 0.0124. The van der Waals surface area contributed by atoms with Crippen molar-refractivity contribution in [3.63, 3.8) is 0 Å². The lowest BCUT2D eigenvalue weighted by Crippen LogP contribution is -2.49. The molecule has 172 valence electrons. The Labute approximate surface area is 200 Å². The number of hydrogen-bond donors (Lipinski definition) is 0. The Morgan fingerprint density at radius 1 is 0.939 bits per heavy atom. The summed E-state index contributed by atoms with van der Waals surface area (Å²) in [6.45, 7) is 21.7. The van der Waals surface area contributed by atoms with Gasteiger partial charge in [0.25, 0.3) is 0 Å². The summed E-state index contributed by atoms with van der Waals surface area (Å²) in [5.74, 6) is 0. The third kappa shape index (κ3) is 3.00. The molecule has 1 aromatic heterocycles. The number of nitrogens with zero attached hydrogens (tertiary/aromatic N) is 1. The van der Waals surface area contributed by atoms with Crippen molar-refractivity contribution < 1.29 is 4.57 Å². The van der Waals surface area contributed by atoms with Crippen LogP contribution in [0.25, 0.3) is 22.4 Å². The Bertz CT molecular complexity index is 1310. The minimum absolute atomic E-state index is 0.0124. The van der Waals surface area contributed by atoms with Crippen molar-refractivity contribution in [2.24, 2.45) is 12.5 Å². The molecule has 2 aromatic carbocycles. The molecule has 2 aliphatic carbocycles. The normalized spacial score (nSPS) is 17.3. The number of aryl methyl sites for hydroxylation is 2. The van der Waals surface area contributed by atoms with Gasteiger partial charge in [-0.2, -0.15) is 0 Å². The molecular formula is C32H40N+. The second-order valence-electron chi connectivity index (χ2n) is 12.9. The second-order valence-corrected chi connectivity index (χ2v) is 12.9. The molecule has 0 N–H and O–H groups in total. The Kier molecular flexibility index (Phi) is 4.62. The summed E-state index contributed by atoms with van der Waals surface area (Å²) in [5.41, 5.74) is 16.6. The molecule has 0 aliphatic heterocycles. The zero-order chi connectivity index (χ0) is 24.1. The van der Waals surface area contributed by atoms with Gasteiger partial charge < -0.3 is 0 Å². The molecule has 0 atom stereocenters. The molecule has 1 nitrogen and oxygen atoms in total. The highest BCUT2D eigenvalue weighted by atomic mass is 14.9. The lowest BCUT2D eigenvalue weighted by molar-refractivity contribution is -0.661. The molecule has 0 bridgehead atoms. The lowest BCUT2D eigenvalue weighted by atomic mass is 9.54. The average molecular weight is 439 g/mol. The highest BCUT2D eigenvalue weighted by Crippen LogP contribution is 2.57. The van der Waals surface area contributed by atoms with E-state index in [2.05, 4.69) is 110 Å². The number of rotatable bonds is 1. The maximum Gasteiger partial charge on any atom is 0.216 e. The van der Waals surface area contributed by atoms with E-state index in [-0.39, 0.29) is 16.2 Å². The third-order valence-corrected chi connectivity index (χ3v) is 8.94. The molecule has 3 aromatic rings. The Morgan fingerprint density at radius 3 is 2.27 bits per heavy atom. The van der Waals surface area contributed by atoms with Crippen LogP contribution in [-0.2, 0) is 30.7 Å². The standard InChI is InChI=1S/C32H40N/c1-19-18-33(10)29-27-20(2)23-15-21-13-11-12-14-22(21)24(23)16-26(27)31(6,7)32(8,9)28(29)25(19)17-30(3,4)5/h11-14,16,18H,15,17H2,1-10H3/q+1. The first-order chi connectivity index (χ1) is 15.3. The van der Waals surface area contributed by atoms with Gasteiger partial charge in [0, 0.05) is 16.5 Å². The van der Waals surface area contributed by atoms with Crippen LogP contribution in [0, 0.1) is 19.3 Å². The van der Waals surface area contributed by atoms with Crippen LogP contribution in [0.15, 0.2) is 36.5 Å². The van der Waals surface area contributed by atoms with E-state index in [1.807, 2.05) is 0 Å². The summed E-state index contributed by atoms with van der Waals surface area (Å²) in [6.07, 6.45) is 4.53. The Balaban J connectivity index is 1.91. The molecule has 0 saturated carbocycles. The summed E-state index contributed by atoms with van der Waals surface area (Å²) >= 11 is 0. The van der Waals surface area contributed by atoms with Crippen molar-refractivity contribution >= 4 is 0 Å². The van der Waals surface area contributed by atoms with Crippen LogP contribution in [0.1, 0.15) is 87.4 Å². The van der Waals surface area contributed by atoms with E-state index >= 15 is 0 Å². The molecule has 0 amide bonds. The van der Waals surface area contributed by atoms with E-state index in [4.69, 9.17) is 0 Å². The summed E-state index contributed by atoms with van der Waals surface area (Å²) in [6, 6.07) is 11.5. The molecule has 0 unspecified atom stereocenters. The average Bonchev–Trinajstić information content (AvgIpc) is 3.07. The van der Waals surface area contributed by atoms with Gasteiger partial charge in [-0.25, -0.2) is 4.57 Å². The number of aromatic nitrogens is 1. The zero-order valence-corrected chi connectivity index (χ0v) is 22.3. The molecule has 1 heterocycles. The highest BCUT2D eigenvalue weighted by Gasteiger charge is 2.52. The van der Waals surface area contributed by atoms with Crippen LogP contribution >= 0.6 is 0 Å². The maximum atomic E-state index is 2.55. The summed E-state index contributed by atoms with van der Waals surface area (Å²) in [7, 11) is 2.26. The van der Waals surface area contributed by atoms with Crippen molar-refractivity contribution in [1.29, 1.82) is 0 Å². The number of pyridine rings is 1. The number of fused-ring (bicyclic) bond motifs is 6. The maximum absolute atomic E-state index is 2.55. The van der Waals surface area contributed by atoms with Crippen LogP contribution in [0.3, 0.4) is 0 Å². The topological polar surface area (TPSA) is 3.88 Å². The molecule has 0 radical (unpaired) electrons. The molecule has 1 heteroatoms.